The van der Waals surface area contributed by atoms with Crippen molar-refractivity contribution in [1.82, 2.24) is 0 Å². The molecule has 0 aliphatic heterocycles. The number of hydrogen-bond donors (Lipinski definition) is 1. The van der Waals surface area contributed by atoms with Crippen molar-refractivity contribution in [3.05, 3.63) is 29.8 Å². The summed E-state index contributed by atoms with van der Waals surface area (Å²) in [6.45, 7) is 3.59. The first-order chi connectivity index (χ1) is 7.00. The zero-order valence-electron chi connectivity index (χ0n) is 8.61. The zero-order chi connectivity index (χ0) is 11.4. The number of halogens is 1. The normalized spacial score (nSPS) is 14.7. The van der Waals surface area contributed by atoms with E-state index in [0.717, 1.165) is 22.2 Å². The Morgan fingerprint density at radius 2 is 1.93 bits per heavy atom. The Kier molecular flexibility index (Phi) is 4.83. The molecule has 0 spiro atoms. The Bertz CT molecular complexity index is 335. The van der Waals surface area contributed by atoms with Crippen LogP contribution in [-0.2, 0) is 4.79 Å². The summed E-state index contributed by atoms with van der Waals surface area (Å²) in [7, 11) is 0. The molecule has 2 nitrogen and oxygen atoms in total. The molecule has 1 rings (SSSR count). The van der Waals surface area contributed by atoms with Crippen LogP contribution in [0.15, 0.2) is 29.2 Å². The minimum atomic E-state index is -0.671. The second-order valence-corrected chi connectivity index (χ2v) is 5.44. The van der Waals surface area contributed by atoms with Gasteiger partial charge in [-0.05, 0) is 26.0 Å². The van der Waals surface area contributed by atoms with E-state index in [9.17, 15) is 9.90 Å². The number of aliphatic hydroxyl groups excluding tert-OH is 1. The molecule has 0 unspecified atom stereocenters. The molecule has 4 heteroatoms. The van der Waals surface area contributed by atoms with Gasteiger partial charge in [-0.15, -0.1) is 0 Å². The van der Waals surface area contributed by atoms with Crippen LogP contribution >= 0.6 is 27.7 Å². The van der Waals surface area contributed by atoms with Crippen LogP contribution in [0.3, 0.4) is 0 Å². The van der Waals surface area contributed by atoms with E-state index in [1.807, 2.05) is 31.2 Å². The van der Waals surface area contributed by atoms with Crippen LogP contribution in [0.2, 0.25) is 0 Å². The van der Waals surface area contributed by atoms with Gasteiger partial charge in [-0.3, -0.25) is 4.79 Å². The molecular formula is C11H13BrO2S. The lowest BCUT2D eigenvalue weighted by atomic mass is 10.2. The third kappa shape index (κ3) is 3.97. The molecule has 0 radical (unpaired) electrons. The molecule has 0 heterocycles. The maximum atomic E-state index is 11.6. The van der Waals surface area contributed by atoms with E-state index in [-0.39, 0.29) is 5.12 Å². The summed E-state index contributed by atoms with van der Waals surface area (Å²) in [6, 6.07) is 7.72. The second-order valence-electron chi connectivity index (χ2n) is 3.38. The third-order valence-corrected chi connectivity index (χ3v) is 4.34. The summed E-state index contributed by atoms with van der Waals surface area (Å²) in [6.07, 6.45) is -0.671. The smallest absolute Gasteiger partial charge is 0.209 e. The van der Waals surface area contributed by atoms with Gasteiger partial charge in [0.2, 0.25) is 5.12 Å². The molecule has 0 saturated carbocycles. The minimum Gasteiger partial charge on any atom is -0.392 e. The molecule has 82 valence electrons. The average molecular weight is 289 g/mol. The number of benzene rings is 1. The molecule has 0 aliphatic carbocycles. The van der Waals surface area contributed by atoms with Crippen molar-refractivity contribution < 1.29 is 9.90 Å². The van der Waals surface area contributed by atoms with Crippen LogP contribution in [0.1, 0.15) is 12.5 Å². The first-order valence-corrected chi connectivity index (χ1v) is 6.34. The van der Waals surface area contributed by atoms with Crippen LogP contribution in [-0.4, -0.2) is 21.2 Å². The van der Waals surface area contributed by atoms with Crippen LogP contribution < -0.4 is 0 Å². The topological polar surface area (TPSA) is 37.3 Å². The van der Waals surface area contributed by atoms with Gasteiger partial charge in [0.1, 0.15) is 4.83 Å². The van der Waals surface area contributed by atoms with Gasteiger partial charge in [0.15, 0.2) is 0 Å². The molecule has 0 fully saturated rings. The van der Waals surface area contributed by atoms with E-state index in [0.29, 0.717) is 0 Å². The van der Waals surface area contributed by atoms with Crippen molar-refractivity contribution in [2.24, 2.45) is 0 Å². The Labute approximate surface area is 102 Å². The van der Waals surface area contributed by atoms with Crippen molar-refractivity contribution in [1.29, 1.82) is 0 Å². The number of thioether (sulfide) groups is 1. The highest BCUT2D eigenvalue weighted by Gasteiger charge is 2.20. The predicted molar refractivity (Wildman–Crippen MR) is 66.4 cm³/mol. The highest BCUT2D eigenvalue weighted by Crippen LogP contribution is 2.24. The number of carbonyl (C=O) groups is 1. The molecule has 15 heavy (non-hydrogen) atoms. The Hall–Kier alpha value is -0.320. The molecule has 1 N–H and O–H groups in total. The van der Waals surface area contributed by atoms with E-state index < -0.39 is 10.9 Å². The summed E-state index contributed by atoms with van der Waals surface area (Å²) in [5, 5.41) is 9.16. The van der Waals surface area contributed by atoms with Crippen LogP contribution in [0.4, 0.5) is 0 Å². The number of aryl methyl sites for hydroxylation is 1. The van der Waals surface area contributed by atoms with Gasteiger partial charge in [0.25, 0.3) is 0 Å². The van der Waals surface area contributed by atoms with Gasteiger partial charge in [-0.1, -0.05) is 45.4 Å². The number of carbonyl (C=O) groups excluding carboxylic acids is 1. The predicted octanol–water partition coefficient (Wildman–Crippen LogP) is 2.76. The van der Waals surface area contributed by atoms with Crippen molar-refractivity contribution in [2.75, 3.05) is 0 Å². The first kappa shape index (κ1) is 12.7. The van der Waals surface area contributed by atoms with Crippen molar-refractivity contribution in [3.63, 3.8) is 0 Å². The second kappa shape index (κ2) is 5.68. The van der Waals surface area contributed by atoms with Crippen molar-refractivity contribution >= 4 is 32.8 Å². The third-order valence-electron chi connectivity index (χ3n) is 1.89. The number of hydrogen-bond acceptors (Lipinski definition) is 3. The lowest BCUT2D eigenvalue weighted by molar-refractivity contribution is -0.111. The van der Waals surface area contributed by atoms with E-state index >= 15 is 0 Å². The lowest BCUT2D eigenvalue weighted by Crippen LogP contribution is -2.23. The molecule has 0 saturated heterocycles. The van der Waals surface area contributed by atoms with Crippen molar-refractivity contribution in [2.45, 2.75) is 29.7 Å². The Balaban J connectivity index is 2.62. The quantitative estimate of drug-likeness (QED) is 0.686. The Morgan fingerprint density at radius 1 is 1.40 bits per heavy atom. The van der Waals surface area contributed by atoms with E-state index in [1.165, 1.54) is 0 Å². The Morgan fingerprint density at radius 3 is 2.40 bits per heavy atom. The summed E-state index contributed by atoms with van der Waals surface area (Å²) in [4.78, 5) is 12.0. The van der Waals surface area contributed by atoms with E-state index in [1.54, 1.807) is 6.92 Å². The summed E-state index contributed by atoms with van der Waals surface area (Å²) in [5.41, 5.74) is 1.16. The lowest BCUT2D eigenvalue weighted by Gasteiger charge is -2.10. The van der Waals surface area contributed by atoms with E-state index in [2.05, 4.69) is 15.9 Å². The fourth-order valence-electron chi connectivity index (χ4n) is 0.976. The number of alkyl halides is 1. The molecule has 0 aliphatic rings. The first-order valence-electron chi connectivity index (χ1n) is 4.61. The largest absolute Gasteiger partial charge is 0.392 e. The van der Waals surface area contributed by atoms with Gasteiger partial charge in [-0.25, -0.2) is 0 Å². The zero-order valence-corrected chi connectivity index (χ0v) is 11.0. The molecular weight excluding hydrogens is 276 g/mol. The fraction of sp³-hybridized carbons (Fsp3) is 0.364. The maximum absolute atomic E-state index is 11.6. The fourth-order valence-corrected chi connectivity index (χ4v) is 2.07. The minimum absolute atomic E-state index is 0.0751. The maximum Gasteiger partial charge on any atom is 0.209 e. The van der Waals surface area contributed by atoms with Crippen LogP contribution in [0.5, 0.6) is 0 Å². The average Bonchev–Trinajstić information content (AvgIpc) is 2.20. The highest BCUT2D eigenvalue weighted by molar-refractivity contribution is 9.10. The van der Waals surface area contributed by atoms with Gasteiger partial charge < -0.3 is 5.11 Å². The number of aliphatic hydroxyl groups is 1. The van der Waals surface area contributed by atoms with Gasteiger partial charge in [-0.2, -0.15) is 0 Å². The SMILES string of the molecule is Cc1ccc(SC(=O)[C@@H](Br)[C@H](C)O)cc1. The van der Waals surface area contributed by atoms with Gasteiger partial charge in [0, 0.05) is 4.90 Å². The van der Waals surface area contributed by atoms with Crippen molar-refractivity contribution in [3.8, 4) is 0 Å². The molecule has 0 amide bonds. The van der Waals surface area contributed by atoms with Crippen LogP contribution in [0, 0.1) is 6.92 Å². The molecule has 1 aromatic carbocycles. The highest BCUT2D eigenvalue weighted by atomic mass is 79.9. The van der Waals surface area contributed by atoms with Crippen LogP contribution in [0.25, 0.3) is 0 Å². The monoisotopic (exact) mass is 288 g/mol. The summed E-state index contributed by atoms with van der Waals surface area (Å²) in [5.74, 6) is 0. The molecule has 0 aromatic heterocycles. The molecule has 2 atom stereocenters. The van der Waals surface area contributed by atoms with E-state index in [4.69, 9.17) is 0 Å². The molecule has 1 aromatic rings. The molecule has 0 bridgehead atoms. The number of rotatable bonds is 3. The summed E-state index contributed by atoms with van der Waals surface area (Å²) < 4.78 is 0. The standard InChI is InChI=1S/C11H13BrO2S/c1-7-3-5-9(6-4-7)15-11(14)10(12)8(2)13/h3-6,8,10,13H,1-2H3/t8-,10-/m0/s1. The summed E-state index contributed by atoms with van der Waals surface area (Å²) >= 11 is 4.30. The van der Waals surface area contributed by atoms with Gasteiger partial charge in [0.05, 0.1) is 6.10 Å². The van der Waals surface area contributed by atoms with Gasteiger partial charge >= 0.3 is 0 Å².